The summed E-state index contributed by atoms with van der Waals surface area (Å²) in [7, 11) is 0. The van der Waals surface area contributed by atoms with Gasteiger partial charge in [0.2, 0.25) is 0 Å². The van der Waals surface area contributed by atoms with Crippen molar-refractivity contribution in [1.82, 2.24) is 0 Å². The summed E-state index contributed by atoms with van der Waals surface area (Å²) in [6, 6.07) is 10.3. The third kappa shape index (κ3) is 2.08. The zero-order chi connectivity index (χ0) is 9.03. The summed E-state index contributed by atoms with van der Waals surface area (Å²) in [5.74, 6) is 0. The Hall–Kier alpha value is -0.820. The minimum atomic E-state index is -0.157. The second-order valence-electron chi connectivity index (χ2n) is 3.31. The Labute approximate surface area is 74.4 Å². The van der Waals surface area contributed by atoms with Gasteiger partial charge in [-0.2, -0.15) is 0 Å². The standard InChI is InChI=1S/C11H16O/c1-4-12-11(2,3)10-8-6-5-7-9-10/h5-9H,4H2,1-3H3. The van der Waals surface area contributed by atoms with Gasteiger partial charge in [0.05, 0.1) is 5.60 Å². The van der Waals surface area contributed by atoms with Crippen LogP contribution in [0.3, 0.4) is 0 Å². The molecule has 1 heteroatoms. The van der Waals surface area contributed by atoms with Gasteiger partial charge in [0, 0.05) is 6.61 Å². The molecule has 1 aromatic rings. The minimum Gasteiger partial charge on any atom is -0.371 e. The summed E-state index contributed by atoms with van der Waals surface area (Å²) < 4.78 is 5.62. The van der Waals surface area contributed by atoms with E-state index in [-0.39, 0.29) is 5.60 Å². The number of hydrogen-bond acceptors (Lipinski definition) is 1. The molecule has 0 bridgehead atoms. The summed E-state index contributed by atoms with van der Waals surface area (Å²) >= 11 is 0. The number of benzene rings is 1. The molecule has 0 radical (unpaired) electrons. The molecule has 0 fully saturated rings. The maximum absolute atomic E-state index is 5.62. The molecule has 66 valence electrons. The lowest BCUT2D eigenvalue weighted by Gasteiger charge is -2.24. The summed E-state index contributed by atoms with van der Waals surface area (Å²) in [5, 5.41) is 0. The maximum atomic E-state index is 5.62. The Morgan fingerprint density at radius 3 is 2.25 bits per heavy atom. The van der Waals surface area contributed by atoms with Crippen LogP contribution in [0.15, 0.2) is 30.3 Å². The molecule has 0 atom stereocenters. The molecule has 1 rings (SSSR count). The Bertz CT molecular complexity index is 226. The highest BCUT2D eigenvalue weighted by molar-refractivity contribution is 5.20. The van der Waals surface area contributed by atoms with Crippen molar-refractivity contribution in [3.05, 3.63) is 35.9 Å². The van der Waals surface area contributed by atoms with Gasteiger partial charge in [-0.05, 0) is 26.3 Å². The first-order valence-electron chi connectivity index (χ1n) is 4.36. The fraction of sp³-hybridized carbons (Fsp3) is 0.455. The van der Waals surface area contributed by atoms with Crippen molar-refractivity contribution in [2.75, 3.05) is 6.61 Å². The normalized spacial score (nSPS) is 11.6. The van der Waals surface area contributed by atoms with Crippen LogP contribution in [0.2, 0.25) is 0 Å². The van der Waals surface area contributed by atoms with Gasteiger partial charge in [-0.25, -0.2) is 0 Å². The molecule has 0 saturated heterocycles. The topological polar surface area (TPSA) is 9.23 Å². The predicted octanol–water partition coefficient (Wildman–Crippen LogP) is 2.96. The van der Waals surface area contributed by atoms with Crippen LogP contribution in [-0.4, -0.2) is 6.61 Å². The third-order valence-corrected chi connectivity index (χ3v) is 1.97. The van der Waals surface area contributed by atoms with Crippen LogP contribution in [0.25, 0.3) is 0 Å². The van der Waals surface area contributed by atoms with Crippen LogP contribution < -0.4 is 0 Å². The first kappa shape index (κ1) is 9.27. The van der Waals surface area contributed by atoms with Crippen molar-refractivity contribution < 1.29 is 4.74 Å². The van der Waals surface area contributed by atoms with Gasteiger partial charge in [-0.3, -0.25) is 0 Å². The largest absolute Gasteiger partial charge is 0.371 e. The van der Waals surface area contributed by atoms with Crippen LogP contribution in [0.1, 0.15) is 26.3 Å². The zero-order valence-corrected chi connectivity index (χ0v) is 8.00. The summed E-state index contributed by atoms with van der Waals surface area (Å²) in [6.07, 6.45) is 0. The lowest BCUT2D eigenvalue weighted by molar-refractivity contribution is -0.0140. The molecule has 0 aliphatic carbocycles. The van der Waals surface area contributed by atoms with Crippen molar-refractivity contribution in [3.8, 4) is 0 Å². The molecule has 0 aliphatic rings. The quantitative estimate of drug-likeness (QED) is 0.667. The van der Waals surface area contributed by atoms with Crippen molar-refractivity contribution in [2.45, 2.75) is 26.4 Å². The monoisotopic (exact) mass is 164 g/mol. The Morgan fingerprint density at radius 1 is 1.17 bits per heavy atom. The molecule has 0 aliphatic heterocycles. The van der Waals surface area contributed by atoms with Crippen LogP contribution in [0.4, 0.5) is 0 Å². The Morgan fingerprint density at radius 2 is 1.75 bits per heavy atom. The minimum absolute atomic E-state index is 0.157. The number of hydrogen-bond donors (Lipinski definition) is 0. The van der Waals surface area contributed by atoms with E-state index in [1.807, 2.05) is 25.1 Å². The molecule has 0 heterocycles. The lowest BCUT2D eigenvalue weighted by atomic mass is 9.98. The highest BCUT2D eigenvalue weighted by Gasteiger charge is 2.19. The van der Waals surface area contributed by atoms with Gasteiger partial charge in [-0.15, -0.1) is 0 Å². The van der Waals surface area contributed by atoms with E-state index in [0.29, 0.717) is 0 Å². The third-order valence-electron chi connectivity index (χ3n) is 1.97. The predicted molar refractivity (Wildman–Crippen MR) is 51.1 cm³/mol. The smallest absolute Gasteiger partial charge is 0.0875 e. The van der Waals surface area contributed by atoms with Gasteiger partial charge in [0.15, 0.2) is 0 Å². The maximum Gasteiger partial charge on any atom is 0.0875 e. The van der Waals surface area contributed by atoms with Crippen LogP contribution in [-0.2, 0) is 10.3 Å². The van der Waals surface area contributed by atoms with Gasteiger partial charge < -0.3 is 4.74 Å². The van der Waals surface area contributed by atoms with Crippen molar-refractivity contribution in [1.29, 1.82) is 0 Å². The SMILES string of the molecule is CCOC(C)(C)c1ccccc1. The molecule has 0 N–H and O–H groups in total. The van der Waals surface area contributed by atoms with Gasteiger partial charge in [-0.1, -0.05) is 30.3 Å². The van der Waals surface area contributed by atoms with Crippen LogP contribution >= 0.6 is 0 Å². The highest BCUT2D eigenvalue weighted by Crippen LogP contribution is 2.23. The summed E-state index contributed by atoms with van der Waals surface area (Å²) in [6.45, 7) is 6.95. The fourth-order valence-electron chi connectivity index (χ4n) is 1.28. The fourth-order valence-corrected chi connectivity index (χ4v) is 1.28. The molecular weight excluding hydrogens is 148 g/mol. The average Bonchev–Trinajstić information content (AvgIpc) is 2.06. The van der Waals surface area contributed by atoms with Crippen molar-refractivity contribution >= 4 is 0 Å². The second kappa shape index (κ2) is 3.72. The van der Waals surface area contributed by atoms with Crippen LogP contribution in [0.5, 0.6) is 0 Å². The van der Waals surface area contributed by atoms with E-state index >= 15 is 0 Å². The van der Waals surface area contributed by atoms with E-state index in [1.165, 1.54) is 5.56 Å². The van der Waals surface area contributed by atoms with E-state index in [2.05, 4.69) is 26.0 Å². The lowest BCUT2D eigenvalue weighted by Crippen LogP contribution is -2.21. The Balaban J connectivity index is 2.82. The highest BCUT2D eigenvalue weighted by atomic mass is 16.5. The zero-order valence-electron chi connectivity index (χ0n) is 8.00. The molecule has 0 saturated carbocycles. The first-order chi connectivity index (χ1) is 5.67. The molecule has 0 aromatic heterocycles. The molecule has 1 aromatic carbocycles. The van der Waals surface area contributed by atoms with E-state index in [9.17, 15) is 0 Å². The number of rotatable bonds is 3. The van der Waals surface area contributed by atoms with Gasteiger partial charge in [0.25, 0.3) is 0 Å². The second-order valence-corrected chi connectivity index (χ2v) is 3.31. The van der Waals surface area contributed by atoms with E-state index in [1.54, 1.807) is 0 Å². The molecule has 0 spiro atoms. The molecule has 0 unspecified atom stereocenters. The van der Waals surface area contributed by atoms with E-state index < -0.39 is 0 Å². The molecule has 12 heavy (non-hydrogen) atoms. The van der Waals surface area contributed by atoms with Crippen molar-refractivity contribution in [2.24, 2.45) is 0 Å². The number of ether oxygens (including phenoxy) is 1. The molecular formula is C11H16O. The van der Waals surface area contributed by atoms with Crippen LogP contribution in [0, 0.1) is 0 Å². The van der Waals surface area contributed by atoms with Crippen molar-refractivity contribution in [3.63, 3.8) is 0 Å². The van der Waals surface area contributed by atoms with Gasteiger partial charge >= 0.3 is 0 Å². The van der Waals surface area contributed by atoms with Gasteiger partial charge in [0.1, 0.15) is 0 Å². The first-order valence-corrected chi connectivity index (χ1v) is 4.36. The average molecular weight is 164 g/mol. The summed E-state index contributed by atoms with van der Waals surface area (Å²) in [5.41, 5.74) is 1.07. The Kier molecular flexibility index (Phi) is 2.88. The molecule has 1 nitrogen and oxygen atoms in total. The van der Waals surface area contributed by atoms with E-state index in [4.69, 9.17) is 4.74 Å². The molecule has 0 amide bonds. The summed E-state index contributed by atoms with van der Waals surface area (Å²) in [4.78, 5) is 0. The van der Waals surface area contributed by atoms with E-state index in [0.717, 1.165) is 6.61 Å².